The Hall–Kier alpha value is -0.310. The van der Waals surface area contributed by atoms with Crippen LogP contribution in [0.5, 0.6) is 0 Å². The molecule has 1 atom stereocenters. The van der Waals surface area contributed by atoms with Crippen LogP contribution in [0.15, 0.2) is 40.3 Å². The van der Waals surface area contributed by atoms with Crippen LogP contribution < -0.4 is 5.32 Å². The first-order valence-electron chi connectivity index (χ1n) is 4.42. The van der Waals surface area contributed by atoms with Crippen LogP contribution in [0, 0.1) is 0 Å². The lowest BCUT2D eigenvalue weighted by Gasteiger charge is -2.15. The molecule has 0 aromatic heterocycles. The van der Waals surface area contributed by atoms with Gasteiger partial charge in [0, 0.05) is 22.1 Å². The van der Waals surface area contributed by atoms with Gasteiger partial charge >= 0.3 is 0 Å². The fourth-order valence-electron chi connectivity index (χ4n) is 1.20. The Morgan fingerprint density at radius 2 is 2.21 bits per heavy atom. The van der Waals surface area contributed by atoms with Crippen LogP contribution >= 0.6 is 27.5 Å². The van der Waals surface area contributed by atoms with Crippen molar-refractivity contribution in [2.45, 2.75) is 13.0 Å². The molecular weight excluding hydrogens is 261 g/mol. The minimum atomic E-state index is 0.265. The molecule has 0 fully saturated rings. The molecule has 1 N–H and O–H groups in total. The molecule has 1 aromatic rings. The lowest BCUT2D eigenvalue weighted by atomic mass is 10.1. The predicted octanol–water partition coefficient (Wildman–Crippen LogP) is 3.85. The summed E-state index contributed by atoms with van der Waals surface area (Å²) in [5.41, 5.74) is 1.23. The van der Waals surface area contributed by atoms with E-state index >= 15 is 0 Å². The SMILES string of the molecule is C=C(Cl)CN[C@@H](C)c1ccccc1Br. The molecule has 0 spiro atoms. The van der Waals surface area contributed by atoms with Gasteiger partial charge in [0.1, 0.15) is 0 Å². The molecule has 0 unspecified atom stereocenters. The molecule has 76 valence electrons. The molecule has 3 heteroatoms. The summed E-state index contributed by atoms with van der Waals surface area (Å²) in [6.07, 6.45) is 0. The van der Waals surface area contributed by atoms with E-state index in [9.17, 15) is 0 Å². The Kier molecular flexibility index (Phi) is 4.66. The molecule has 0 aliphatic carbocycles. The Morgan fingerprint density at radius 1 is 1.57 bits per heavy atom. The van der Waals surface area contributed by atoms with E-state index in [2.05, 4.69) is 40.8 Å². The van der Waals surface area contributed by atoms with Gasteiger partial charge in [-0.25, -0.2) is 0 Å². The van der Waals surface area contributed by atoms with E-state index in [0.29, 0.717) is 11.6 Å². The molecule has 0 aliphatic heterocycles. The summed E-state index contributed by atoms with van der Waals surface area (Å²) in [5, 5.41) is 3.91. The number of halogens is 2. The molecule has 1 aromatic carbocycles. The van der Waals surface area contributed by atoms with Crippen LogP contribution in [0.4, 0.5) is 0 Å². The van der Waals surface area contributed by atoms with Gasteiger partial charge in [0.25, 0.3) is 0 Å². The van der Waals surface area contributed by atoms with Crippen molar-refractivity contribution in [1.82, 2.24) is 5.32 Å². The van der Waals surface area contributed by atoms with Gasteiger partial charge in [0.05, 0.1) is 0 Å². The summed E-state index contributed by atoms with van der Waals surface area (Å²) in [4.78, 5) is 0. The summed E-state index contributed by atoms with van der Waals surface area (Å²) >= 11 is 9.19. The summed E-state index contributed by atoms with van der Waals surface area (Å²) < 4.78 is 1.11. The van der Waals surface area contributed by atoms with E-state index in [1.54, 1.807) is 0 Å². The molecular formula is C11H13BrClN. The number of benzene rings is 1. The average Bonchev–Trinajstić information content (AvgIpc) is 2.15. The fraction of sp³-hybridized carbons (Fsp3) is 0.273. The van der Waals surface area contributed by atoms with E-state index in [1.807, 2.05) is 18.2 Å². The molecule has 0 amide bonds. The van der Waals surface area contributed by atoms with Gasteiger partial charge in [-0.15, -0.1) is 0 Å². The van der Waals surface area contributed by atoms with Crippen molar-refractivity contribution in [2.75, 3.05) is 6.54 Å². The Balaban J connectivity index is 2.65. The predicted molar refractivity (Wildman–Crippen MR) is 65.6 cm³/mol. The van der Waals surface area contributed by atoms with Gasteiger partial charge in [-0.05, 0) is 18.6 Å². The normalized spacial score (nSPS) is 12.5. The van der Waals surface area contributed by atoms with Crippen LogP contribution in [-0.2, 0) is 0 Å². The van der Waals surface area contributed by atoms with Crippen molar-refractivity contribution >= 4 is 27.5 Å². The lowest BCUT2D eigenvalue weighted by molar-refractivity contribution is 0.612. The Bertz CT molecular complexity index is 325. The third kappa shape index (κ3) is 3.45. The van der Waals surface area contributed by atoms with E-state index in [0.717, 1.165) is 4.47 Å². The first-order chi connectivity index (χ1) is 6.61. The van der Waals surface area contributed by atoms with Crippen LogP contribution in [0.2, 0.25) is 0 Å². The maximum atomic E-state index is 5.68. The molecule has 0 saturated carbocycles. The molecule has 0 saturated heterocycles. The Labute approximate surface area is 98.3 Å². The van der Waals surface area contributed by atoms with Crippen molar-refractivity contribution in [3.05, 3.63) is 45.9 Å². The average molecular weight is 275 g/mol. The zero-order valence-corrected chi connectivity index (χ0v) is 10.4. The van der Waals surface area contributed by atoms with Crippen LogP contribution in [0.1, 0.15) is 18.5 Å². The first kappa shape index (κ1) is 11.8. The highest BCUT2D eigenvalue weighted by Gasteiger charge is 2.07. The quantitative estimate of drug-likeness (QED) is 0.879. The van der Waals surface area contributed by atoms with Crippen LogP contribution in [0.25, 0.3) is 0 Å². The first-order valence-corrected chi connectivity index (χ1v) is 5.59. The highest BCUT2D eigenvalue weighted by Crippen LogP contribution is 2.22. The van der Waals surface area contributed by atoms with Crippen molar-refractivity contribution in [3.63, 3.8) is 0 Å². The number of hydrogen-bond acceptors (Lipinski definition) is 1. The minimum Gasteiger partial charge on any atom is -0.305 e. The van der Waals surface area contributed by atoms with Crippen molar-refractivity contribution < 1.29 is 0 Å². The van der Waals surface area contributed by atoms with Crippen LogP contribution in [-0.4, -0.2) is 6.54 Å². The molecule has 14 heavy (non-hydrogen) atoms. The topological polar surface area (TPSA) is 12.0 Å². The second kappa shape index (κ2) is 5.54. The molecule has 0 aliphatic rings. The minimum absolute atomic E-state index is 0.265. The summed E-state index contributed by atoms with van der Waals surface area (Å²) in [6, 6.07) is 8.40. The van der Waals surface area contributed by atoms with Gasteiger partial charge in [-0.2, -0.15) is 0 Å². The molecule has 0 radical (unpaired) electrons. The largest absolute Gasteiger partial charge is 0.305 e. The van der Waals surface area contributed by atoms with Crippen molar-refractivity contribution in [3.8, 4) is 0 Å². The smallest absolute Gasteiger partial charge is 0.0313 e. The second-order valence-electron chi connectivity index (χ2n) is 3.14. The van der Waals surface area contributed by atoms with Crippen molar-refractivity contribution in [2.24, 2.45) is 0 Å². The third-order valence-electron chi connectivity index (χ3n) is 1.97. The maximum Gasteiger partial charge on any atom is 0.0313 e. The van der Waals surface area contributed by atoms with E-state index in [1.165, 1.54) is 5.56 Å². The molecule has 0 heterocycles. The monoisotopic (exact) mass is 273 g/mol. The molecule has 1 rings (SSSR count). The summed E-state index contributed by atoms with van der Waals surface area (Å²) in [5.74, 6) is 0. The lowest BCUT2D eigenvalue weighted by Crippen LogP contribution is -2.20. The zero-order chi connectivity index (χ0) is 10.6. The second-order valence-corrected chi connectivity index (χ2v) is 4.53. The van der Waals surface area contributed by atoms with Gasteiger partial charge in [0.2, 0.25) is 0 Å². The number of rotatable bonds is 4. The van der Waals surface area contributed by atoms with E-state index < -0.39 is 0 Å². The van der Waals surface area contributed by atoms with Crippen molar-refractivity contribution in [1.29, 1.82) is 0 Å². The van der Waals surface area contributed by atoms with Gasteiger partial charge in [-0.1, -0.05) is 52.3 Å². The van der Waals surface area contributed by atoms with Crippen LogP contribution in [0.3, 0.4) is 0 Å². The van der Waals surface area contributed by atoms with Gasteiger partial charge in [-0.3, -0.25) is 0 Å². The molecule has 0 bridgehead atoms. The Morgan fingerprint density at radius 3 is 2.79 bits per heavy atom. The van der Waals surface area contributed by atoms with E-state index in [-0.39, 0.29) is 6.04 Å². The summed E-state index contributed by atoms with van der Waals surface area (Å²) in [6.45, 7) is 6.36. The number of hydrogen-bond donors (Lipinski definition) is 1. The van der Waals surface area contributed by atoms with Gasteiger partial charge in [0.15, 0.2) is 0 Å². The standard InChI is InChI=1S/C11H13BrClN/c1-8(13)7-14-9(2)10-5-3-4-6-11(10)12/h3-6,9,14H,1,7H2,2H3/t9-/m0/s1. The van der Waals surface area contributed by atoms with Gasteiger partial charge < -0.3 is 5.32 Å². The summed E-state index contributed by atoms with van der Waals surface area (Å²) in [7, 11) is 0. The zero-order valence-electron chi connectivity index (χ0n) is 8.06. The number of nitrogens with one attached hydrogen (secondary N) is 1. The third-order valence-corrected chi connectivity index (χ3v) is 2.83. The highest BCUT2D eigenvalue weighted by atomic mass is 79.9. The molecule has 1 nitrogen and oxygen atoms in total. The fourth-order valence-corrected chi connectivity index (χ4v) is 1.91. The van der Waals surface area contributed by atoms with E-state index in [4.69, 9.17) is 11.6 Å². The highest BCUT2D eigenvalue weighted by molar-refractivity contribution is 9.10. The maximum absolute atomic E-state index is 5.68.